The van der Waals surface area contributed by atoms with Crippen molar-refractivity contribution in [2.24, 2.45) is 5.92 Å². The van der Waals surface area contributed by atoms with Crippen molar-refractivity contribution in [1.82, 2.24) is 4.98 Å². The van der Waals surface area contributed by atoms with Gasteiger partial charge in [-0.25, -0.2) is 9.78 Å². The van der Waals surface area contributed by atoms with Gasteiger partial charge in [0.1, 0.15) is 0 Å². The van der Waals surface area contributed by atoms with Crippen molar-refractivity contribution < 1.29 is 14.5 Å². The number of esters is 1. The minimum atomic E-state index is -0.507. The maximum absolute atomic E-state index is 11.9. The number of halogens is 1. The van der Waals surface area contributed by atoms with Gasteiger partial charge in [0.25, 0.3) is 0 Å². The number of nitrogens with zero attached hydrogens (tertiary/aromatic N) is 2. The minimum Gasteiger partial charge on any atom is -0.466 e. The van der Waals surface area contributed by atoms with E-state index in [1.54, 1.807) is 6.08 Å². The molecule has 122 valence electrons. The van der Waals surface area contributed by atoms with Crippen molar-refractivity contribution in [2.75, 3.05) is 12.9 Å². The van der Waals surface area contributed by atoms with Gasteiger partial charge < -0.3 is 4.74 Å². The molecule has 6 nitrogen and oxygen atoms in total. The maximum atomic E-state index is 11.9. The lowest BCUT2D eigenvalue weighted by Gasteiger charge is -2.16. The predicted molar refractivity (Wildman–Crippen MR) is 88.6 cm³/mol. The molecule has 23 heavy (non-hydrogen) atoms. The van der Waals surface area contributed by atoms with E-state index in [-0.39, 0.29) is 22.6 Å². The zero-order valence-electron chi connectivity index (χ0n) is 12.4. The number of rotatable bonds is 5. The van der Waals surface area contributed by atoms with Crippen LogP contribution in [0, 0.1) is 16.0 Å². The first-order chi connectivity index (χ1) is 11.0. The summed E-state index contributed by atoms with van der Waals surface area (Å²) < 4.78 is 4.81. The molecular formula is C15H15ClN2O4S. The molecule has 1 aromatic heterocycles. The normalized spacial score (nSPS) is 17.3. The Hall–Kier alpha value is -1.86. The highest BCUT2D eigenvalue weighted by atomic mass is 35.5. The summed E-state index contributed by atoms with van der Waals surface area (Å²) in [5.41, 5.74) is 0.447. The zero-order valence-corrected chi connectivity index (χ0v) is 14.0. The molecule has 1 heterocycles. The Morgan fingerprint density at radius 3 is 3.09 bits per heavy atom. The summed E-state index contributed by atoms with van der Waals surface area (Å²) in [7, 11) is 1.34. The zero-order chi connectivity index (χ0) is 16.8. The molecule has 0 amide bonds. The van der Waals surface area contributed by atoms with E-state index in [0.29, 0.717) is 16.4 Å². The van der Waals surface area contributed by atoms with E-state index in [1.807, 2.05) is 12.2 Å². The Labute approximate surface area is 142 Å². The first kappa shape index (κ1) is 17.5. The Morgan fingerprint density at radius 1 is 1.61 bits per heavy atom. The smallest absolute Gasteiger partial charge is 0.334 e. The van der Waals surface area contributed by atoms with Crippen LogP contribution in [-0.2, 0) is 9.53 Å². The summed E-state index contributed by atoms with van der Waals surface area (Å²) in [4.78, 5) is 26.5. The average Bonchev–Trinajstić information content (AvgIpc) is 2.78. The molecule has 1 atom stereocenters. The lowest BCUT2D eigenvalue weighted by molar-refractivity contribution is -0.388. The van der Waals surface area contributed by atoms with Crippen molar-refractivity contribution in [2.45, 2.75) is 17.9 Å². The minimum absolute atomic E-state index is 0.0560. The summed E-state index contributed by atoms with van der Waals surface area (Å²) in [6.45, 7) is 0. The third-order valence-electron chi connectivity index (χ3n) is 3.37. The lowest BCUT2D eigenvalue weighted by Crippen LogP contribution is -2.16. The molecule has 0 N–H and O–H groups in total. The van der Waals surface area contributed by atoms with E-state index >= 15 is 0 Å². The van der Waals surface area contributed by atoms with Gasteiger partial charge in [0.15, 0.2) is 5.03 Å². The Morgan fingerprint density at radius 2 is 2.39 bits per heavy atom. The topological polar surface area (TPSA) is 82.3 Å². The van der Waals surface area contributed by atoms with Crippen LogP contribution in [0.25, 0.3) is 0 Å². The van der Waals surface area contributed by atoms with Crippen LogP contribution in [-0.4, -0.2) is 28.7 Å². The van der Waals surface area contributed by atoms with Crippen molar-refractivity contribution in [3.8, 4) is 0 Å². The Balaban J connectivity index is 2.16. The third kappa shape index (κ3) is 4.56. The number of ether oxygens (including phenoxy) is 1. The van der Waals surface area contributed by atoms with Gasteiger partial charge in [-0.3, -0.25) is 10.1 Å². The lowest BCUT2D eigenvalue weighted by atomic mass is 9.97. The predicted octanol–water partition coefficient (Wildman–Crippen LogP) is 3.80. The number of thioether (sulfide) groups is 1. The molecule has 8 heteroatoms. The fourth-order valence-corrected chi connectivity index (χ4v) is 3.49. The molecule has 1 aliphatic rings. The third-order valence-corrected chi connectivity index (χ3v) is 4.74. The highest BCUT2D eigenvalue weighted by Crippen LogP contribution is 2.33. The van der Waals surface area contributed by atoms with Crippen LogP contribution in [0.2, 0.25) is 5.02 Å². The second-order valence-electron chi connectivity index (χ2n) is 4.86. The molecule has 0 saturated heterocycles. The SMILES string of the molecule is COC(=O)C1=CC=CCCC1CSc1ncc(Cl)cc1[N+](=O)[O-]. The molecular weight excluding hydrogens is 340 g/mol. The highest BCUT2D eigenvalue weighted by molar-refractivity contribution is 7.99. The fraction of sp³-hybridized carbons (Fsp3) is 0.333. The van der Waals surface area contributed by atoms with E-state index in [9.17, 15) is 14.9 Å². The van der Waals surface area contributed by atoms with E-state index in [4.69, 9.17) is 16.3 Å². The van der Waals surface area contributed by atoms with E-state index < -0.39 is 4.92 Å². The number of hydrogen-bond acceptors (Lipinski definition) is 6. The van der Waals surface area contributed by atoms with Crippen LogP contribution < -0.4 is 0 Å². The van der Waals surface area contributed by atoms with Crippen LogP contribution in [0.15, 0.2) is 41.1 Å². The molecule has 2 rings (SSSR count). The van der Waals surface area contributed by atoms with E-state index in [0.717, 1.165) is 12.8 Å². The van der Waals surface area contributed by atoms with Crippen LogP contribution in [0.1, 0.15) is 12.8 Å². The quantitative estimate of drug-likeness (QED) is 0.346. The number of carbonyl (C=O) groups is 1. The van der Waals surface area contributed by atoms with Gasteiger partial charge in [0.2, 0.25) is 0 Å². The number of aromatic nitrogens is 1. The van der Waals surface area contributed by atoms with Gasteiger partial charge in [-0.15, -0.1) is 0 Å². The van der Waals surface area contributed by atoms with Crippen LogP contribution in [0.5, 0.6) is 0 Å². The number of nitro groups is 1. The second kappa shape index (κ2) is 8.12. The summed E-state index contributed by atoms with van der Waals surface area (Å²) in [5, 5.41) is 11.6. The van der Waals surface area contributed by atoms with Crippen molar-refractivity contribution in [3.05, 3.63) is 51.2 Å². The van der Waals surface area contributed by atoms with E-state index in [2.05, 4.69) is 4.98 Å². The van der Waals surface area contributed by atoms with Gasteiger partial charge in [0, 0.05) is 29.5 Å². The molecule has 1 aliphatic carbocycles. The molecule has 0 bridgehead atoms. The van der Waals surface area contributed by atoms with Crippen LogP contribution >= 0.6 is 23.4 Å². The largest absolute Gasteiger partial charge is 0.466 e. The molecule has 0 radical (unpaired) electrons. The van der Waals surface area contributed by atoms with Gasteiger partial charge in [-0.1, -0.05) is 41.6 Å². The molecule has 0 aliphatic heterocycles. The number of allylic oxidation sites excluding steroid dienone is 3. The summed E-state index contributed by atoms with van der Waals surface area (Å²) >= 11 is 7.00. The van der Waals surface area contributed by atoms with Gasteiger partial charge >= 0.3 is 11.7 Å². The first-order valence-corrected chi connectivity index (χ1v) is 8.27. The standard InChI is InChI=1S/C15H15ClN2O4S/c1-22-15(19)12-6-4-2-3-5-10(12)9-23-14-13(18(20)21)7-11(16)8-17-14/h2,4,6-8,10H,3,5,9H2,1H3. The molecule has 1 aromatic rings. The number of methoxy groups -OCH3 is 1. The monoisotopic (exact) mass is 354 g/mol. The van der Waals surface area contributed by atoms with Crippen molar-refractivity contribution in [3.63, 3.8) is 0 Å². The van der Waals surface area contributed by atoms with Crippen molar-refractivity contribution >= 4 is 35.0 Å². The fourth-order valence-electron chi connectivity index (χ4n) is 2.22. The number of carbonyl (C=O) groups excluding carboxylic acids is 1. The first-order valence-electron chi connectivity index (χ1n) is 6.90. The van der Waals surface area contributed by atoms with Gasteiger partial charge in [0.05, 0.1) is 17.1 Å². The average molecular weight is 355 g/mol. The van der Waals surface area contributed by atoms with Gasteiger partial charge in [-0.2, -0.15) is 0 Å². The summed E-state index contributed by atoms with van der Waals surface area (Å²) in [6.07, 6.45) is 8.54. The van der Waals surface area contributed by atoms with Crippen LogP contribution in [0.3, 0.4) is 0 Å². The van der Waals surface area contributed by atoms with E-state index in [1.165, 1.54) is 31.1 Å². The Kier molecular flexibility index (Phi) is 6.18. The van der Waals surface area contributed by atoms with Crippen molar-refractivity contribution in [1.29, 1.82) is 0 Å². The number of hydrogen-bond donors (Lipinski definition) is 0. The number of pyridine rings is 1. The molecule has 0 aromatic carbocycles. The molecule has 1 unspecified atom stereocenters. The highest BCUT2D eigenvalue weighted by Gasteiger charge is 2.24. The maximum Gasteiger partial charge on any atom is 0.334 e. The Bertz CT molecular complexity index is 675. The molecule has 0 spiro atoms. The van der Waals surface area contributed by atoms with Crippen LogP contribution in [0.4, 0.5) is 5.69 Å². The summed E-state index contributed by atoms with van der Waals surface area (Å²) in [5.74, 6) is 0.0678. The molecule has 0 fully saturated rings. The molecule has 0 saturated carbocycles. The summed E-state index contributed by atoms with van der Waals surface area (Å²) in [6, 6.07) is 1.28. The second-order valence-corrected chi connectivity index (χ2v) is 6.31. The van der Waals surface area contributed by atoms with Gasteiger partial charge in [-0.05, 0) is 12.8 Å².